The van der Waals surface area contributed by atoms with Gasteiger partial charge in [-0.15, -0.1) is 0 Å². The van der Waals surface area contributed by atoms with Gasteiger partial charge in [0.05, 0.1) is 0 Å². The molecule has 0 spiro atoms. The van der Waals surface area contributed by atoms with Crippen LogP contribution < -0.4 is 0 Å². The van der Waals surface area contributed by atoms with Crippen molar-refractivity contribution in [2.45, 2.75) is 0 Å². The van der Waals surface area contributed by atoms with Crippen LogP contribution in [-0.2, 0) is 0 Å². The van der Waals surface area contributed by atoms with Gasteiger partial charge in [-0.3, -0.25) is 13.7 Å². The summed E-state index contributed by atoms with van der Waals surface area (Å²) in [6, 6.07) is 0. The molecule has 138 valence electrons. The van der Waals surface area contributed by atoms with Crippen LogP contribution >= 0.6 is 136 Å². The first-order valence-electron chi connectivity index (χ1n) is 6.79. The molecule has 0 N–H and O–H groups in total. The molecule has 0 saturated heterocycles. The van der Waals surface area contributed by atoms with Gasteiger partial charge in [0.2, 0.25) is 17.8 Å². The second kappa shape index (κ2) is 8.64. The summed E-state index contributed by atoms with van der Waals surface area (Å²) in [6.45, 7) is 0. The van der Waals surface area contributed by atoms with E-state index in [1.165, 1.54) is 0 Å². The van der Waals surface area contributed by atoms with Crippen LogP contribution in [0.4, 0.5) is 0 Å². The van der Waals surface area contributed by atoms with E-state index in [2.05, 4.69) is 165 Å². The first kappa shape index (κ1) is 21.3. The molecule has 4 aromatic heterocycles. The van der Waals surface area contributed by atoms with Crippen molar-refractivity contribution in [1.82, 2.24) is 43.6 Å². The second-order valence-electron chi connectivity index (χ2n) is 4.82. The molecule has 15 heteroatoms. The summed E-state index contributed by atoms with van der Waals surface area (Å²) in [5.41, 5.74) is 0. The summed E-state index contributed by atoms with van der Waals surface area (Å²) in [6.07, 6.45) is 5.12. The lowest BCUT2D eigenvalue weighted by molar-refractivity contribution is 0.781. The normalized spacial score (nSPS) is 11.3. The van der Waals surface area contributed by atoms with Crippen LogP contribution in [0, 0.1) is 22.2 Å². The van der Waals surface area contributed by atoms with Crippen molar-refractivity contribution in [1.29, 1.82) is 0 Å². The van der Waals surface area contributed by atoms with Gasteiger partial charge in [0.1, 0.15) is 41.2 Å². The topological polar surface area (TPSA) is 92.1 Å². The first-order valence-corrected chi connectivity index (χ1v) is 13.3. The highest BCUT2D eigenvalue weighted by atomic mass is 127. The molecule has 4 rings (SSSR count). The number of nitrogens with zero attached hydrogens (tertiary/aromatic N) is 9. The van der Waals surface area contributed by atoms with Crippen LogP contribution in [0.2, 0.25) is 0 Å². The molecule has 0 aliphatic carbocycles. The largest absolute Gasteiger partial charge is 0.261 e. The van der Waals surface area contributed by atoms with Crippen molar-refractivity contribution in [3.8, 4) is 17.8 Å². The van der Waals surface area contributed by atoms with E-state index in [4.69, 9.17) is 0 Å². The van der Waals surface area contributed by atoms with Gasteiger partial charge in [0.25, 0.3) is 0 Å². The van der Waals surface area contributed by atoms with E-state index in [0.717, 1.165) is 22.2 Å². The lowest BCUT2D eigenvalue weighted by Crippen LogP contribution is -2.14. The summed E-state index contributed by atoms with van der Waals surface area (Å²) < 4.78 is 10.9. The van der Waals surface area contributed by atoms with Crippen LogP contribution in [0.1, 0.15) is 0 Å². The summed E-state index contributed by atoms with van der Waals surface area (Å²) in [5.74, 6) is 1.44. The van der Waals surface area contributed by atoms with Crippen molar-refractivity contribution < 1.29 is 0 Å². The molecule has 0 unspecified atom stereocenters. The van der Waals surface area contributed by atoms with Crippen LogP contribution in [0.3, 0.4) is 0 Å². The molecule has 4 heterocycles. The maximum Gasteiger partial charge on any atom is 0.242 e. The highest BCUT2D eigenvalue weighted by Gasteiger charge is 2.19. The van der Waals surface area contributed by atoms with E-state index in [1.54, 1.807) is 19.0 Å². The van der Waals surface area contributed by atoms with Gasteiger partial charge in [-0.05, 0) is 136 Å². The highest BCUT2D eigenvalue weighted by Crippen LogP contribution is 2.22. The molecule has 0 bridgehead atoms. The molecule has 27 heavy (non-hydrogen) atoms. The lowest BCUT2D eigenvalue weighted by Gasteiger charge is -2.10. The summed E-state index contributed by atoms with van der Waals surface area (Å²) in [7, 11) is 0. The van der Waals surface area contributed by atoms with E-state index in [-0.39, 0.29) is 0 Å². The number of halogens is 6. The quantitative estimate of drug-likeness (QED) is 0.288. The van der Waals surface area contributed by atoms with Gasteiger partial charge < -0.3 is 0 Å². The molecule has 0 aromatic carbocycles. The van der Waals surface area contributed by atoms with Gasteiger partial charge in [0.15, 0.2) is 0 Å². The molecule has 0 aliphatic heterocycles. The van der Waals surface area contributed by atoms with Crippen LogP contribution in [-0.4, -0.2) is 43.6 Å². The molecule has 0 atom stereocenters. The van der Waals surface area contributed by atoms with Crippen molar-refractivity contribution >= 4 is 136 Å². The standard InChI is InChI=1S/C12H3I6N9/c13-4-7(16)25(1-19-4)10-22-11(26-2-20-5(14)8(26)17)24-12(23-10)27-3-21-6(15)9(27)18/h1-3H. The Kier molecular flexibility index (Phi) is 6.80. The third kappa shape index (κ3) is 4.13. The molecular weight excluding hydrogens is 1030 g/mol. The molecular formula is C12H3I6N9. The fraction of sp³-hybridized carbons (Fsp3) is 0. The van der Waals surface area contributed by atoms with Crippen molar-refractivity contribution in [2.24, 2.45) is 0 Å². The highest BCUT2D eigenvalue weighted by molar-refractivity contribution is 14.1. The zero-order valence-corrected chi connectivity index (χ0v) is 25.5. The smallest absolute Gasteiger partial charge is 0.242 e. The number of hydrogen-bond donors (Lipinski definition) is 0. The molecule has 0 fully saturated rings. The third-order valence-electron chi connectivity index (χ3n) is 3.25. The van der Waals surface area contributed by atoms with Gasteiger partial charge in [-0.2, -0.15) is 15.0 Å². The maximum absolute atomic E-state index is 4.65. The predicted molar refractivity (Wildman–Crippen MR) is 147 cm³/mol. The van der Waals surface area contributed by atoms with Gasteiger partial charge in [-0.25, -0.2) is 15.0 Å². The van der Waals surface area contributed by atoms with Crippen molar-refractivity contribution in [2.75, 3.05) is 0 Å². The summed E-state index contributed by atoms with van der Waals surface area (Å²) in [5, 5.41) is 0. The van der Waals surface area contributed by atoms with Crippen LogP contribution in [0.15, 0.2) is 19.0 Å². The molecule has 0 saturated carbocycles. The Hall–Kier alpha value is 1.02. The van der Waals surface area contributed by atoms with Gasteiger partial charge in [0, 0.05) is 0 Å². The third-order valence-corrected chi connectivity index (χ3v) is 11.8. The van der Waals surface area contributed by atoms with Crippen molar-refractivity contribution in [3.05, 3.63) is 41.2 Å². The Bertz CT molecular complexity index is 1010. The second-order valence-corrected chi connectivity index (χ2v) is 11.0. The lowest BCUT2D eigenvalue weighted by atomic mass is 10.7. The van der Waals surface area contributed by atoms with Crippen molar-refractivity contribution in [3.63, 3.8) is 0 Å². The molecule has 0 aliphatic rings. The summed E-state index contributed by atoms with van der Waals surface area (Å²) >= 11 is 13.2. The zero-order chi connectivity index (χ0) is 19.3. The van der Waals surface area contributed by atoms with Crippen LogP contribution in [0.25, 0.3) is 17.8 Å². The minimum Gasteiger partial charge on any atom is -0.261 e. The Morgan fingerprint density at radius 2 is 0.741 bits per heavy atom. The minimum absolute atomic E-state index is 0.480. The van der Waals surface area contributed by atoms with Gasteiger partial charge in [-0.1, -0.05) is 0 Å². The number of aromatic nitrogens is 9. The Balaban J connectivity index is 1.98. The van der Waals surface area contributed by atoms with E-state index in [1.807, 2.05) is 13.7 Å². The Morgan fingerprint density at radius 1 is 0.481 bits per heavy atom. The minimum atomic E-state index is 0.480. The first-order chi connectivity index (χ1) is 12.9. The Morgan fingerprint density at radius 3 is 0.926 bits per heavy atom. The number of rotatable bonds is 3. The summed E-state index contributed by atoms with van der Waals surface area (Å²) in [4.78, 5) is 27.0. The predicted octanol–water partition coefficient (Wildman–Crippen LogP) is 4.06. The fourth-order valence-electron chi connectivity index (χ4n) is 2.02. The fourth-order valence-corrected chi connectivity index (χ4v) is 4.61. The molecule has 4 aromatic rings. The van der Waals surface area contributed by atoms with E-state index < -0.39 is 0 Å². The molecule has 0 radical (unpaired) electrons. The maximum atomic E-state index is 4.65. The molecule has 0 amide bonds. The van der Waals surface area contributed by atoms with E-state index in [0.29, 0.717) is 17.8 Å². The Labute approximate surface area is 234 Å². The van der Waals surface area contributed by atoms with Crippen LogP contribution in [0.5, 0.6) is 0 Å². The monoisotopic (exact) mass is 1030 g/mol. The van der Waals surface area contributed by atoms with Gasteiger partial charge >= 0.3 is 0 Å². The number of imidazole rings is 3. The average molecular weight is 1030 g/mol. The van der Waals surface area contributed by atoms with E-state index >= 15 is 0 Å². The molecule has 9 nitrogen and oxygen atoms in total. The average Bonchev–Trinajstić information content (AvgIpc) is 3.28. The van der Waals surface area contributed by atoms with E-state index in [9.17, 15) is 0 Å². The zero-order valence-electron chi connectivity index (χ0n) is 12.5. The number of hydrogen-bond acceptors (Lipinski definition) is 6. The SMILES string of the molecule is Ic1ncn(-c2nc(-n3cnc(I)c3I)nc(-n3cnc(I)c3I)n2)c1I.